The van der Waals surface area contributed by atoms with Crippen LogP contribution in [0.5, 0.6) is 0 Å². The number of thiol groups is 1. The monoisotopic (exact) mass is 392 g/mol. The first-order valence-corrected chi connectivity index (χ1v) is 12.2. The summed E-state index contributed by atoms with van der Waals surface area (Å²) in [6.07, 6.45) is 22.4. The zero-order chi connectivity index (χ0) is 18.6. The van der Waals surface area contributed by atoms with Gasteiger partial charge in [-0.15, -0.1) is 24.4 Å². The van der Waals surface area contributed by atoms with E-state index >= 15 is 0 Å². The zero-order valence-corrected chi connectivity index (χ0v) is 18.4. The van der Waals surface area contributed by atoms with E-state index in [4.69, 9.17) is 5.11 Å². The van der Waals surface area contributed by atoms with Crippen LogP contribution in [0.4, 0.5) is 0 Å². The first-order valence-electron chi connectivity index (χ1n) is 10.8. The largest absolute Gasteiger partial charge is 0.396 e. The molecule has 0 heterocycles. The highest BCUT2D eigenvalue weighted by atomic mass is 32.2. The molecule has 0 saturated heterocycles. The Hall–Kier alpha value is 0.620. The maximum Gasteiger partial charge on any atom is 0.156 e. The SMILES string of the molecule is CCCCCCCCCCCCCCCCCCSC(O)(S)CCO. The molecular weight excluding hydrogens is 348 g/mol. The van der Waals surface area contributed by atoms with E-state index in [1.807, 2.05) is 0 Å². The van der Waals surface area contributed by atoms with E-state index in [1.54, 1.807) is 0 Å². The minimum Gasteiger partial charge on any atom is -0.396 e. The summed E-state index contributed by atoms with van der Waals surface area (Å²) in [5, 5.41) is 18.6. The molecule has 152 valence electrons. The average Bonchev–Trinajstić information content (AvgIpc) is 2.57. The molecule has 25 heavy (non-hydrogen) atoms. The van der Waals surface area contributed by atoms with Crippen LogP contribution < -0.4 is 0 Å². The lowest BCUT2D eigenvalue weighted by atomic mass is 10.0. The van der Waals surface area contributed by atoms with Crippen LogP contribution in [0.3, 0.4) is 0 Å². The van der Waals surface area contributed by atoms with Gasteiger partial charge in [-0.3, -0.25) is 0 Å². The zero-order valence-electron chi connectivity index (χ0n) is 16.7. The standard InChI is InChI=1S/C21H44O2S2/c1-2-3-4-5-6-7-8-9-10-11-12-13-14-15-16-17-20-25-21(23,24)18-19-22/h22-24H,2-20H2,1H3. The molecule has 0 bridgehead atoms. The molecular formula is C21H44O2S2. The number of rotatable bonds is 20. The number of hydrogen-bond donors (Lipinski definition) is 3. The van der Waals surface area contributed by atoms with Crippen molar-refractivity contribution in [1.29, 1.82) is 0 Å². The Kier molecular flexibility index (Phi) is 19.9. The molecule has 0 fully saturated rings. The highest BCUT2D eigenvalue weighted by Crippen LogP contribution is 2.30. The molecule has 0 amide bonds. The fraction of sp³-hybridized carbons (Fsp3) is 1.00. The number of unbranched alkanes of at least 4 members (excludes halogenated alkanes) is 15. The van der Waals surface area contributed by atoms with Crippen LogP contribution >= 0.6 is 24.4 Å². The first kappa shape index (κ1) is 25.6. The van der Waals surface area contributed by atoms with Crippen molar-refractivity contribution < 1.29 is 10.2 Å². The van der Waals surface area contributed by atoms with Gasteiger partial charge in [0.1, 0.15) is 0 Å². The third-order valence-corrected chi connectivity index (χ3v) is 6.54. The molecule has 0 aliphatic carbocycles. The van der Waals surface area contributed by atoms with Gasteiger partial charge in [-0.25, -0.2) is 0 Å². The van der Waals surface area contributed by atoms with E-state index in [0.29, 0.717) is 6.42 Å². The lowest BCUT2D eigenvalue weighted by Gasteiger charge is -2.20. The predicted molar refractivity (Wildman–Crippen MR) is 118 cm³/mol. The van der Waals surface area contributed by atoms with Crippen molar-refractivity contribution in [2.45, 2.75) is 120 Å². The molecule has 0 aliphatic rings. The molecule has 2 nitrogen and oxygen atoms in total. The van der Waals surface area contributed by atoms with Crippen molar-refractivity contribution in [1.82, 2.24) is 0 Å². The molecule has 0 radical (unpaired) electrons. The molecule has 2 N–H and O–H groups in total. The molecule has 0 spiro atoms. The number of thioether (sulfide) groups is 1. The van der Waals surface area contributed by atoms with Crippen LogP contribution in [0.1, 0.15) is 116 Å². The number of hydrogen-bond acceptors (Lipinski definition) is 4. The molecule has 0 aliphatic heterocycles. The van der Waals surface area contributed by atoms with Gasteiger partial charge in [0.25, 0.3) is 0 Å². The third-order valence-electron chi connectivity index (χ3n) is 4.77. The van der Waals surface area contributed by atoms with Gasteiger partial charge in [-0.2, -0.15) is 0 Å². The maximum absolute atomic E-state index is 9.81. The van der Waals surface area contributed by atoms with Crippen LogP contribution in [-0.2, 0) is 0 Å². The van der Waals surface area contributed by atoms with Gasteiger partial charge in [0, 0.05) is 13.0 Å². The molecule has 0 saturated carbocycles. The Morgan fingerprint density at radius 1 is 0.680 bits per heavy atom. The van der Waals surface area contributed by atoms with Crippen molar-refractivity contribution in [3.8, 4) is 0 Å². The fourth-order valence-electron chi connectivity index (χ4n) is 3.10. The molecule has 0 rings (SSSR count). The summed E-state index contributed by atoms with van der Waals surface area (Å²) in [4.78, 5) is 0. The highest BCUT2D eigenvalue weighted by Gasteiger charge is 2.20. The van der Waals surface area contributed by atoms with E-state index in [-0.39, 0.29) is 6.61 Å². The summed E-state index contributed by atoms with van der Waals surface area (Å²) in [5.41, 5.74) is 0. The second-order valence-corrected chi connectivity index (χ2v) is 9.78. The van der Waals surface area contributed by atoms with Crippen LogP contribution in [0.25, 0.3) is 0 Å². The van der Waals surface area contributed by atoms with E-state index in [1.165, 1.54) is 108 Å². The van der Waals surface area contributed by atoms with Crippen molar-refractivity contribution in [2.24, 2.45) is 0 Å². The Morgan fingerprint density at radius 2 is 1.04 bits per heavy atom. The number of aliphatic hydroxyl groups is 2. The van der Waals surface area contributed by atoms with E-state index in [9.17, 15) is 5.11 Å². The number of aliphatic hydroxyl groups excluding tert-OH is 1. The first-order chi connectivity index (χ1) is 12.1. The van der Waals surface area contributed by atoms with Crippen molar-refractivity contribution in [3.63, 3.8) is 0 Å². The highest BCUT2D eigenvalue weighted by molar-refractivity contribution is 8.11. The Balaban J connectivity index is 3.10. The van der Waals surface area contributed by atoms with Gasteiger partial charge in [0.15, 0.2) is 4.27 Å². The molecule has 0 aromatic rings. The van der Waals surface area contributed by atoms with Gasteiger partial charge in [0.05, 0.1) is 0 Å². The van der Waals surface area contributed by atoms with Crippen LogP contribution in [0.15, 0.2) is 0 Å². The second kappa shape index (κ2) is 19.4. The normalized spacial score (nSPS) is 13.9. The van der Waals surface area contributed by atoms with Gasteiger partial charge in [-0.1, -0.05) is 103 Å². The van der Waals surface area contributed by atoms with Crippen molar-refractivity contribution in [2.75, 3.05) is 12.4 Å². The lowest BCUT2D eigenvalue weighted by Crippen LogP contribution is -2.18. The predicted octanol–water partition coefficient (Wildman–Crippen LogP) is 6.94. The van der Waals surface area contributed by atoms with Gasteiger partial charge >= 0.3 is 0 Å². The quantitative estimate of drug-likeness (QED) is 0.119. The van der Waals surface area contributed by atoms with Crippen molar-refractivity contribution >= 4 is 24.4 Å². The minimum absolute atomic E-state index is 0.00798. The average molecular weight is 393 g/mol. The van der Waals surface area contributed by atoms with Gasteiger partial charge < -0.3 is 10.2 Å². The lowest BCUT2D eigenvalue weighted by molar-refractivity contribution is 0.176. The Labute approximate surface area is 167 Å². The van der Waals surface area contributed by atoms with Crippen LogP contribution in [0.2, 0.25) is 0 Å². The van der Waals surface area contributed by atoms with Gasteiger partial charge in [0.2, 0.25) is 0 Å². The van der Waals surface area contributed by atoms with E-state index < -0.39 is 4.27 Å². The second-order valence-electron chi connectivity index (χ2n) is 7.37. The maximum atomic E-state index is 9.81. The van der Waals surface area contributed by atoms with E-state index in [0.717, 1.165) is 12.2 Å². The van der Waals surface area contributed by atoms with Crippen LogP contribution in [-0.4, -0.2) is 26.8 Å². The third kappa shape index (κ3) is 20.8. The minimum atomic E-state index is -1.05. The van der Waals surface area contributed by atoms with Gasteiger partial charge in [-0.05, 0) is 12.2 Å². The van der Waals surface area contributed by atoms with E-state index in [2.05, 4.69) is 19.6 Å². The van der Waals surface area contributed by atoms with Crippen LogP contribution in [0, 0.1) is 0 Å². The fourth-order valence-corrected chi connectivity index (χ4v) is 4.39. The molecule has 0 aromatic heterocycles. The topological polar surface area (TPSA) is 40.5 Å². The van der Waals surface area contributed by atoms with Crippen molar-refractivity contribution in [3.05, 3.63) is 0 Å². The molecule has 1 atom stereocenters. The summed E-state index contributed by atoms with van der Waals surface area (Å²) in [7, 11) is 0. The summed E-state index contributed by atoms with van der Waals surface area (Å²) >= 11 is 5.61. The smallest absolute Gasteiger partial charge is 0.156 e. The summed E-state index contributed by atoms with van der Waals surface area (Å²) in [6, 6.07) is 0. The Bertz CT molecular complexity index is 260. The molecule has 1 unspecified atom stereocenters. The molecule has 4 heteroatoms. The molecule has 0 aromatic carbocycles. The Morgan fingerprint density at radius 3 is 1.40 bits per heavy atom. The summed E-state index contributed by atoms with van der Waals surface area (Å²) in [5.74, 6) is 0.929. The summed E-state index contributed by atoms with van der Waals surface area (Å²) in [6.45, 7) is 2.27. The summed E-state index contributed by atoms with van der Waals surface area (Å²) < 4.78 is -1.05.